The minimum atomic E-state index is -1.21. The minimum absolute atomic E-state index is 0.0994. The molecule has 11 nitrogen and oxygen atoms in total. The van der Waals surface area contributed by atoms with Crippen LogP contribution in [-0.4, -0.2) is 63.4 Å². The summed E-state index contributed by atoms with van der Waals surface area (Å²) in [6, 6.07) is 8.50. The lowest BCUT2D eigenvalue weighted by Gasteiger charge is -2.49. The number of nitrogens with zero attached hydrogens (tertiary/aromatic N) is 4. The first-order chi connectivity index (χ1) is 18.9. The molecule has 1 fully saturated rings. The molecule has 39 heavy (non-hydrogen) atoms. The third kappa shape index (κ3) is 5.57. The average molecular weight is 584 g/mol. The van der Waals surface area contributed by atoms with E-state index in [2.05, 4.69) is 20.0 Å². The number of carboxylic acids is 1. The molecule has 2 amide bonds. The lowest BCUT2D eigenvalue weighted by molar-refractivity contribution is -0.687. The molecule has 0 radical (unpaired) electrons. The molecule has 0 bridgehead atoms. The van der Waals surface area contributed by atoms with Gasteiger partial charge in [0, 0.05) is 33.0 Å². The van der Waals surface area contributed by atoms with Crippen LogP contribution in [0.25, 0.3) is 6.08 Å². The number of allylic oxidation sites excluding steroid dienone is 1. The largest absolute Gasteiger partial charge is 0.477 e. The summed E-state index contributed by atoms with van der Waals surface area (Å²) >= 11 is 4.07. The first kappa shape index (κ1) is 26.6. The fourth-order valence-electron chi connectivity index (χ4n) is 4.20. The third-order valence-corrected chi connectivity index (χ3v) is 8.81. The zero-order chi connectivity index (χ0) is 27.5. The first-order valence-electron chi connectivity index (χ1n) is 11.6. The molecule has 3 aromatic heterocycles. The third-order valence-electron chi connectivity index (χ3n) is 5.95. The van der Waals surface area contributed by atoms with Crippen molar-refractivity contribution in [3.63, 3.8) is 0 Å². The number of thiazole rings is 1. The molecule has 1 saturated heterocycles. The number of nitrogen functional groups attached to an aromatic ring is 1. The van der Waals surface area contributed by atoms with E-state index in [0.29, 0.717) is 10.7 Å². The number of hydrogen-bond donors (Lipinski definition) is 3. The van der Waals surface area contributed by atoms with E-state index >= 15 is 0 Å². The number of aliphatic carboxylic acids is 1. The maximum Gasteiger partial charge on any atom is 0.353 e. The molecule has 0 aliphatic carbocycles. The predicted octanol–water partition coefficient (Wildman–Crippen LogP) is 1.93. The van der Waals surface area contributed by atoms with E-state index in [1.807, 2.05) is 48.8 Å². The molecule has 200 valence electrons. The topological polar surface area (TPSA) is 151 Å². The molecular weight excluding hydrogens is 561 g/mol. The molecule has 4 N–H and O–H groups in total. The Balaban J connectivity index is 1.30. The molecule has 5 rings (SSSR count). The van der Waals surface area contributed by atoms with Crippen LogP contribution < -0.4 is 15.6 Å². The van der Waals surface area contributed by atoms with Crippen molar-refractivity contribution in [2.75, 3.05) is 18.6 Å². The van der Waals surface area contributed by atoms with E-state index in [9.17, 15) is 19.5 Å². The van der Waals surface area contributed by atoms with Gasteiger partial charge in [-0.15, -0.1) is 34.4 Å². The monoisotopic (exact) mass is 583 g/mol. The maximum absolute atomic E-state index is 13.0. The van der Waals surface area contributed by atoms with Crippen molar-refractivity contribution in [1.82, 2.24) is 15.2 Å². The Kier molecular flexibility index (Phi) is 7.77. The van der Waals surface area contributed by atoms with Gasteiger partial charge in [-0.3, -0.25) is 14.5 Å². The summed E-state index contributed by atoms with van der Waals surface area (Å²) < 4.78 is 2.07. The number of thioether (sulfide) groups is 1. The fourth-order valence-corrected chi connectivity index (χ4v) is 6.85. The molecule has 0 saturated carbocycles. The molecular formula is C25H23N6O5S3+. The second-order valence-corrected chi connectivity index (χ2v) is 11.6. The summed E-state index contributed by atoms with van der Waals surface area (Å²) in [6.07, 6.45) is 7.57. The Morgan fingerprint density at radius 1 is 1.31 bits per heavy atom. The summed E-state index contributed by atoms with van der Waals surface area (Å²) in [5, 5.41) is 18.1. The standard InChI is InChI=1S/C25H22N6O5S3/c1-36-29-19(16-12-38-25(26)27-16)22(32)28-20-17-13-37-18(21(24(34)35)31(17)23(20)33)8-7-14-5-6-15(39-14)11-30-9-3-2-4-10-30/h2-10,12,17,20H,11,13H2,1H3,(H3-,26,27,28,32,34,35)/p+1/b8-7+,29-19+/t17-,20+/m1/s1. The Hall–Kier alpha value is -4.01. The molecule has 2 atom stereocenters. The highest BCUT2D eigenvalue weighted by Crippen LogP contribution is 2.40. The van der Waals surface area contributed by atoms with E-state index in [4.69, 9.17) is 10.6 Å². The minimum Gasteiger partial charge on any atom is -0.477 e. The number of nitrogens with two attached hydrogens (primary N) is 1. The van der Waals surface area contributed by atoms with Gasteiger partial charge in [-0.2, -0.15) is 4.57 Å². The number of carbonyl (C=O) groups excluding carboxylic acids is 2. The zero-order valence-corrected chi connectivity index (χ0v) is 23.0. The van der Waals surface area contributed by atoms with Crippen molar-refractivity contribution in [2.24, 2.45) is 5.16 Å². The number of pyridine rings is 1. The number of rotatable bonds is 9. The van der Waals surface area contributed by atoms with Gasteiger partial charge in [-0.05, 0) is 24.3 Å². The lowest BCUT2D eigenvalue weighted by atomic mass is 9.94. The van der Waals surface area contributed by atoms with Crippen molar-refractivity contribution in [1.29, 1.82) is 0 Å². The van der Waals surface area contributed by atoms with Crippen LogP contribution in [-0.2, 0) is 25.8 Å². The number of β-lactam (4-membered cyclic amide) rings is 1. The van der Waals surface area contributed by atoms with Crippen LogP contribution in [0.1, 0.15) is 15.4 Å². The van der Waals surface area contributed by atoms with Crippen molar-refractivity contribution >= 4 is 69.1 Å². The normalized spacial score (nSPS) is 19.2. The van der Waals surface area contributed by atoms with Gasteiger partial charge in [0.15, 0.2) is 29.8 Å². The molecule has 3 aromatic rings. The van der Waals surface area contributed by atoms with Gasteiger partial charge in [0.25, 0.3) is 11.8 Å². The van der Waals surface area contributed by atoms with E-state index < -0.39 is 29.9 Å². The fraction of sp³-hybridized carbons (Fsp3) is 0.200. The summed E-state index contributed by atoms with van der Waals surface area (Å²) in [6.45, 7) is 0.737. The Morgan fingerprint density at radius 3 is 2.79 bits per heavy atom. The van der Waals surface area contributed by atoms with Gasteiger partial charge in [0.1, 0.15) is 24.5 Å². The summed E-state index contributed by atoms with van der Waals surface area (Å²) in [4.78, 5) is 50.8. The number of carbonyl (C=O) groups is 3. The summed E-state index contributed by atoms with van der Waals surface area (Å²) in [7, 11) is 1.29. The number of oxime groups is 1. The van der Waals surface area contributed by atoms with Crippen LogP contribution in [0.4, 0.5) is 5.13 Å². The van der Waals surface area contributed by atoms with Gasteiger partial charge in [-0.25, -0.2) is 9.78 Å². The molecule has 0 spiro atoms. The van der Waals surface area contributed by atoms with Crippen LogP contribution in [0.15, 0.2) is 69.9 Å². The average Bonchev–Trinajstić information content (AvgIpc) is 3.57. The van der Waals surface area contributed by atoms with E-state index in [0.717, 1.165) is 27.6 Å². The molecule has 5 heterocycles. The zero-order valence-electron chi connectivity index (χ0n) is 20.5. The van der Waals surface area contributed by atoms with E-state index in [1.54, 1.807) is 22.8 Å². The van der Waals surface area contributed by atoms with Gasteiger partial charge in [0.05, 0.1) is 10.9 Å². The second-order valence-electron chi connectivity index (χ2n) is 8.43. The van der Waals surface area contributed by atoms with Gasteiger partial charge < -0.3 is 21.0 Å². The van der Waals surface area contributed by atoms with E-state index in [-0.39, 0.29) is 22.2 Å². The van der Waals surface area contributed by atoms with Crippen molar-refractivity contribution in [2.45, 2.75) is 18.6 Å². The quantitative estimate of drug-likeness (QED) is 0.150. The number of nitrogens with one attached hydrogen (secondary N) is 1. The number of fused-ring (bicyclic) bond motifs is 1. The Bertz CT molecular complexity index is 1510. The van der Waals surface area contributed by atoms with Crippen LogP contribution in [0.2, 0.25) is 0 Å². The van der Waals surface area contributed by atoms with Crippen LogP contribution in [0.3, 0.4) is 0 Å². The Labute approximate surface area is 235 Å². The van der Waals surface area contributed by atoms with Crippen molar-refractivity contribution in [3.8, 4) is 0 Å². The molecule has 2 aliphatic heterocycles. The van der Waals surface area contributed by atoms with Gasteiger partial charge in [0.2, 0.25) is 0 Å². The predicted molar refractivity (Wildman–Crippen MR) is 149 cm³/mol. The molecule has 0 aromatic carbocycles. The highest BCUT2D eigenvalue weighted by Gasteiger charge is 2.54. The number of amides is 2. The second kappa shape index (κ2) is 11.4. The number of carboxylic acid groups (broad SMARTS) is 1. The SMILES string of the molecule is CO/N=C(/C(=O)N[C@@H]1C(=O)N2C(C(=O)O)=C(/C=C/c3ccc(C[n+]4ccccc4)s3)SC[C@H]12)c1csc(N)n1. The number of thiophene rings is 1. The molecule has 14 heteroatoms. The number of hydrogen-bond acceptors (Lipinski definition) is 10. The van der Waals surface area contributed by atoms with E-state index in [1.165, 1.54) is 23.8 Å². The maximum atomic E-state index is 13.0. The summed E-state index contributed by atoms with van der Waals surface area (Å²) in [5.41, 5.74) is 5.65. The van der Waals surface area contributed by atoms with Crippen molar-refractivity contribution < 1.29 is 28.9 Å². The first-order valence-corrected chi connectivity index (χ1v) is 14.3. The molecule has 0 unspecified atom stereocenters. The lowest BCUT2D eigenvalue weighted by Crippen LogP contribution is -2.72. The smallest absolute Gasteiger partial charge is 0.353 e. The Morgan fingerprint density at radius 2 is 2.10 bits per heavy atom. The number of anilines is 1. The highest BCUT2D eigenvalue weighted by molar-refractivity contribution is 8.03. The van der Waals surface area contributed by atoms with Crippen LogP contribution in [0, 0.1) is 0 Å². The van der Waals surface area contributed by atoms with Crippen molar-refractivity contribution in [3.05, 3.63) is 80.2 Å². The van der Waals surface area contributed by atoms with Gasteiger partial charge >= 0.3 is 5.97 Å². The summed E-state index contributed by atoms with van der Waals surface area (Å²) in [5.74, 6) is -1.98. The highest BCUT2D eigenvalue weighted by atomic mass is 32.2. The number of aromatic nitrogens is 2. The van der Waals surface area contributed by atoms with Crippen LogP contribution in [0.5, 0.6) is 0 Å². The van der Waals surface area contributed by atoms with Crippen LogP contribution >= 0.6 is 34.4 Å². The van der Waals surface area contributed by atoms with Gasteiger partial charge in [-0.1, -0.05) is 11.2 Å². The molecule has 2 aliphatic rings.